The molecule has 5 aliphatic rings. The van der Waals surface area contributed by atoms with Crippen molar-refractivity contribution in [2.45, 2.75) is 57.8 Å². The molecular weight excluding hydrogens is 388 g/mol. The van der Waals surface area contributed by atoms with Gasteiger partial charge in [0.1, 0.15) is 11.3 Å². The molecule has 6 heteroatoms. The third-order valence-corrected chi connectivity index (χ3v) is 8.19. The Hall–Kier alpha value is -2.37. The van der Waals surface area contributed by atoms with Gasteiger partial charge in [-0.05, 0) is 92.6 Å². The highest BCUT2D eigenvalue weighted by Gasteiger charge is 2.50. The SMILES string of the molecule is O=C(Cc1cn2c(C(=O)NCC34CC5CC(CC(C5)C3)C4)cccc2n1)NCC1CC1. The zero-order valence-corrected chi connectivity index (χ0v) is 18.1. The molecule has 0 aromatic carbocycles. The predicted molar refractivity (Wildman–Crippen MR) is 118 cm³/mol. The van der Waals surface area contributed by atoms with Crippen molar-refractivity contribution in [2.24, 2.45) is 29.1 Å². The molecule has 5 saturated carbocycles. The van der Waals surface area contributed by atoms with Crippen molar-refractivity contribution in [2.75, 3.05) is 13.1 Å². The number of pyridine rings is 1. The summed E-state index contributed by atoms with van der Waals surface area (Å²) in [6, 6.07) is 5.61. The third-order valence-electron chi connectivity index (χ3n) is 8.19. The van der Waals surface area contributed by atoms with Crippen molar-refractivity contribution >= 4 is 17.5 Å². The van der Waals surface area contributed by atoms with Crippen molar-refractivity contribution in [3.63, 3.8) is 0 Å². The molecular formula is C25H32N4O2. The van der Waals surface area contributed by atoms with Crippen LogP contribution in [0.2, 0.25) is 0 Å². The van der Waals surface area contributed by atoms with Gasteiger partial charge >= 0.3 is 0 Å². The van der Waals surface area contributed by atoms with E-state index < -0.39 is 0 Å². The topological polar surface area (TPSA) is 75.5 Å². The normalized spacial score (nSPS) is 31.2. The molecule has 2 aromatic heterocycles. The van der Waals surface area contributed by atoms with E-state index in [0.717, 1.165) is 30.8 Å². The van der Waals surface area contributed by atoms with E-state index in [1.807, 2.05) is 28.8 Å². The number of amides is 2. The molecule has 0 unspecified atom stereocenters. The fourth-order valence-corrected chi connectivity index (χ4v) is 7.00. The van der Waals surface area contributed by atoms with Gasteiger partial charge < -0.3 is 10.6 Å². The summed E-state index contributed by atoms with van der Waals surface area (Å²) in [5.41, 5.74) is 2.33. The van der Waals surface area contributed by atoms with Crippen LogP contribution in [0, 0.1) is 29.1 Å². The summed E-state index contributed by atoms with van der Waals surface area (Å²) in [6.45, 7) is 1.56. The molecule has 0 spiro atoms. The van der Waals surface area contributed by atoms with E-state index in [1.54, 1.807) is 0 Å². The van der Waals surface area contributed by atoms with Crippen LogP contribution in [0.25, 0.3) is 5.65 Å². The van der Waals surface area contributed by atoms with E-state index in [1.165, 1.54) is 51.4 Å². The lowest BCUT2D eigenvalue weighted by Gasteiger charge is -2.56. The van der Waals surface area contributed by atoms with Crippen LogP contribution >= 0.6 is 0 Å². The maximum Gasteiger partial charge on any atom is 0.268 e. The van der Waals surface area contributed by atoms with Crippen molar-refractivity contribution in [1.29, 1.82) is 0 Å². The van der Waals surface area contributed by atoms with Crippen LogP contribution in [0.15, 0.2) is 24.4 Å². The summed E-state index contributed by atoms with van der Waals surface area (Å²) in [7, 11) is 0. The molecule has 2 aromatic rings. The fourth-order valence-electron chi connectivity index (χ4n) is 7.00. The molecule has 31 heavy (non-hydrogen) atoms. The molecule has 5 aliphatic carbocycles. The van der Waals surface area contributed by atoms with Crippen LogP contribution in [0.1, 0.15) is 67.5 Å². The Bertz CT molecular complexity index is 986. The number of aromatic nitrogens is 2. The van der Waals surface area contributed by atoms with Gasteiger partial charge in [-0.2, -0.15) is 0 Å². The summed E-state index contributed by atoms with van der Waals surface area (Å²) >= 11 is 0. The summed E-state index contributed by atoms with van der Waals surface area (Å²) in [5.74, 6) is 3.28. The summed E-state index contributed by atoms with van der Waals surface area (Å²) in [6.07, 6.45) is 12.6. The Morgan fingerprint density at radius 3 is 2.42 bits per heavy atom. The molecule has 4 bridgehead atoms. The molecule has 2 amide bonds. The predicted octanol–water partition coefficient (Wildman–Crippen LogP) is 3.35. The van der Waals surface area contributed by atoms with E-state index in [9.17, 15) is 9.59 Å². The first kappa shape index (κ1) is 19.3. The molecule has 7 rings (SSSR count). The number of nitrogens with zero attached hydrogens (tertiary/aromatic N) is 2. The minimum atomic E-state index is -0.0384. The Labute approximate surface area is 183 Å². The summed E-state index contributed by atoms with van der Waals surface area (Å²) in [5, 5.41) is 6.26. The number of carbonyl (C=O) groups is 2. The number of nitrogens with one attached hydrogen (secondary N) is 2. The molecule has 2 N–H and O–H groups in total. The standard InChI is InChI=1S/C25H32N4O2/c30-23(26-13-16-4-5-16)9-20-14-29-21(2-1-3-22(29)28-20)24(31)27-15-25-10-17-6-18(11-25)8-19(7-17)12-25/h1-3,14,16-19H,4-13,15H2,(H,26,30)(H,27,31). The van der Waals surface area contributed by atoms with Crippen LogP contribution in [-0.2, 0) is 11.2 Å². The number of carbonyl (C=O) groups excluding carboxylic acids is 2. The highest BCUT2D eigenvalue weighted by atomic mass is 16.2. The molecule has 0 aliphatic heterocycles. The molecule has 6 nitrogen and oxygen atoms in total. The maximum atomic E-state index is 13.1. The zero-order chi connectivity index (χ0) is 21.0. The van der Waals surface area contributed by atoms with E-state index in [-0.39, 0.29) is 18.2 Å². The van der Waals surface area contributed by atoms with Gasteiger partial charge in [-0.25, -0.2) is 4.98 Å². The molecule has 2 heterocycles. The van der Waals surface area contributed by atoms with E-state index in [0.29, 0.717) is 28.4 Å². The molecule has 0 atom stereocenters. The molecule has 0 saturated heterocycles. The van der Waals surface area contributed by atoms with Crippen molar-refractivity contribution in [3.8, 4) is 0 Å². The number of hydrogen-bond acceptors (Lipinski definition) is 3. The zero-order valence-electron chi connectivity index (χ0n) is 18.1. The van der Waals surface area contributed by atoms with Gasteiger partial charge in [-0.15, -0.1) is 0 Å². The lowest BCUT2D eigenvalue weighted by Crippen LogP contribution is -2.51. The van der Waals surface area contributed by atoms with Gasteiger partial charge in [0, 0.05) is 19.3 Å². The number of fused-ring (bicyclic) bond motifs is 1. The largest absolute Gasteiger partial charge is 0.355 e. The van der Waals surface area contributed by atoms with Gasteiger partial charge in [0.2, 0.25) is 5.91 Å². The molecule has 0 radical (unpaired) electrons. The Morgan fingerprint density at radius 2 is 1.74 bits per heavy atom. The number of rotatable bonds is 7. The van der Waals surface area contributed by atoms with Crippen LogP contribution in [0.4, 0.5) is 0 Å². The van der Waals surface area contributed by atoms with Gasteiger partial charge in [0.15, 0.2) is 0 Å². The Balaban J connectivity index is 1.14. The van der Waals surface area contributed by atoms with E-state index in [4.69, 9.17) is 0 Å². The smallest absolute Gasteiger partial charge is 0.268 e. The lowest BCUT2D eigenvalue weighted by atomic mass is 9.49. The molecule has 5 fully saturated rings. The van der Waals surface area contributed by atoms with Crippen LogP contribution in [0.3, 0.4) is 0 Å². The van der Waals surface area contributed by atoms with Gasteiger partial charge in [-0.3, -0.25) is 14.0 Å². The second-order valence-corrected chi connectivity index (χ2v) is 10.9. The minimum Gasteiger partial charge on any atom is -0.355 e. The van der Waals surface area contributed by atoms with Crippen LogP contribution in [-0.4, -0.2) is 34.3 Å². The monoisotopic (exact) mass is 420 g/mol. The number of hydrogen-bond donors (Lipinski definition) is 2. The maximum absolute atomic E-state index is 13.1. The second-order valence-electron chi connectivity index (χ2n) is 10.9. The average molecular weight is 421 g/mol. The quantitative estimate of drug-likeness (QED) is 0.721. The lowest BCUT2D eigenvalue weighted by molar-refractivity contribution is -0.120. The van der Waals surface area contributed by atoms with E-state index in [2.05, 4.69) is 15.6 Å². The molecule has 164 valence electrons. The van der Waals surface area contributed by atoms with Gasteiger partial charge in [0.25, 0.3) is 5.91 Å². The van der Waals surface area contributed by atoms with Crippen molar-refractivity contribution in [1.82, 2.24) is 20.0 Å². The van der Waals surface area contributed by atoms with Crippen molar-refractivity contribution in [3.05, 3.63) is 35.8 Å². The average Bonchev–Trinajstić information content (AvgIpc) is 3.47. The van der Waals surface area contributed by atoms with E-state index >= 15 is 0 Å². The fraction of sp³-hybridized carbons (Fsp3) is 0.640. The first-order chi connectivity index (χ1) is 15.1. The minimum absolute atomic E-state index is 0.00289. The Kier molecular flexibility index (Phi) is 4.58. The van der Waals surface area contributed by atoms with Crippen LogP contribution in [0.5, 0.6) is 0 Å². The van der Waals surface area contributed by atoms with Crippen LogP contribution < -0.4 is 10.6 Å². The summed E-state index contributed by atoms with van der Waals surface area (Å²) < 4.78 is 1.83. The second kappa shape index (κ2) is 7.35. The van der Waals surface area contributed by atoms with Gasteiger partial charge in [0.05, 0.1) is 12.1 Å². The van der Waals surface area contributed by atoms with Gasteiger partial charge in [-0.1, -0.05) is 6.07 Å². The highest BCUT2D eigenvalue weighted by Crippen LogP contribution is 2.59. The summed E-state index contributed by atoms with van der Waals surface area (Å²) in [4.78, 5) is 29.9. The first-order valence-electron chi connectivity index (χ1n) is 12.1. The Morgan fingerprint density at radius 1 is 1.03 bits per heavy atom. The highest BCUT2D eigenvalue weighted by molar-refractivity contribution is 5.93. The first-order valence-corrected chi connectivity index (χ1v) is 12.1. The number of imidazole rings is 1. The third kappa shape index (κ3) is 3.85. The van der Waals surface area contributed by atoms with Crippen molar-refractivity contribution < 1.29 is 9.59 Å².